The zero-order valence-corrected chi connectivity index (χ0v) is 16.1. The molecule has 1 amide bonds. The zero-order valence-electron chi connectivity index (χ0n) is 16.1. The van der Waals surface area contributed by atoms with Crippen molar-refractivity contribution in [3.8, 4) is 6.07 Å². The Balaban J connectivity index is 1.75. The van der Waals surface area contributed by atoms with E-state index in [1.807, 2.05) is 33.0 Å². The topological polar surface area (TPSA) is 65.8 Å². The summed E-state index contributed by atoms with van der Waals surface area (Å²) in [6.07, 6.45) is 1.58. The second kappa shape index (κ2) is 7.10. The minimum Gasteiger partial charge on any atom is -0.489 e. The van der Waals surface area contributed by atoms with E-state index in [2.05, 4.69) is 4.90 Å². The number of carbonyl (C=O) groups excluding carboxylic acids is 1. The Hall–Kier alpha value is -2.75. The molecule has 27 heavy (non-hydrogen) atoms. The molecule has 0 N–H and O–H groups in total. The third kappa shape index (κ3) is 4.00. The van der Waals surface area contributed by atoms with Crippen LogP contribution >= 0.6 is 0 Å². The molecule has 1 unspecified atom stereocenters. The van der Waals surface area contributed by atoms with Gasteiger partial charge in [-0.25, -0.2) is 9.18 Å². The zero-order chi connectivity index (χ0) is 19.8. The van der Waals surface area contributed by atoms with Gasteiger partial charge in [0, 0.05) is 31.4 Å². The van der Waals surface area contributed by atoms with Gasteiger partial charge in [0.15, 0.2) is 0 Å². The number of benzene rings is 1. The highest BCUT2D eigenvalue weighted by molar-refractivity contribution is 5.69. The second-order valence-corrected chi connectivity index (χ2v) is 7.83. The molecule has 3 rings (SSSR count). The SMILES string of the molecule is Cc1c(C2=CN3CCN(C(=O)OC(C)(C)C)CC3CO2)ccc(F)c1C#N. The van der Waals surface area contributed by atoms with Gasteiger partial charge in [0.2, 0.25) is 0 Å². The van der Waals surface area contributed by atoms with E-state index in [1.54, 1.807) is 17.9 Å². The van der Waals surface area contributed by atoms with Gasteiger partial charge in [0.1, 0.15) is 29.9 Å². The normalized spacial score (nSPS) is 19.6. The van der Waals surface area contributed by atoms with Crippen molar-refractivity contribution in [1.82, 2.24) is 9.80 Å². The summed E-state index contributed by atoms with van der Waals surface area (Å²) in [5, 5.41) is 9.16. The molecule has 1 aromatic rings. The number of nitrogens with zero attached hydrogens (tertiary/aromatic N) is 3. The lowest BCUT2D eigenvalue weighted by Gasteiger charge is -2.43. The third-order valence-corrected chi connectivity index (χ3v) is 4.69. The number of fused-ring (bicyclic) bond motifs is 1. The van der Waals surface area contributed by atoms with Crippen molar-refractivity contribution in [1.29, 1.82) is 5.26 Å². The Morgan fingerprint density at radius 2 is 2.11 bits per heavy atom. The molecule has 0 bridgehead atoms. The van der Waals surface area contributed by atoms with Crippen LogP contribution in [-0.4, -0.2) is 53.8 Å². The van der Waals surface area contributed by atoms with E-state index >= 15 is 0 Å². The second-order valence-electron chi connectivity index (χ2n) is 7.83. The largest absolute Gasteiger partial charge is 0.489 e. The van der Waals surface area contributed by atoms with E-state index in [4.69, 9.17) is 14.7 Å². The van der Waals surface area contributed by atoms with Crippen LogP contribution in [0.5, 0.6) is 0 Å². The highest BCUT2D eigenvalue weighted by Gasteiger charge is 2.34. The smallest absolute Gasteiger partial charge is 0.410 e. The minimum absolute atomic E-state index is 0.0335. The van der Waals surface area contributed by atoms with Crippen molar-refractivity contribution in [2.24, 2.45) is 0 Å². The van der Waals surface area contributed by atoms with Gasteiger partial charge in [-0.2, -0.15) is 5.26 Å². The van der Waals surface area contributed by atoms with Gasteiger partial charge in [0.05, 0.1) is 11.6 Å². The van der Waals surface area contributed by atoms with E-state index in [0.29, 0.717) is 43.1 Å². The average Bonchev–Trinajstić information content (AvgIpc) is 2.60. The summed E-state index contributed by atoms with van der Waals surface area (Å²) in [6.45, 7) is 9.40. The highest BCUT2D eigenvalue weighted by Crippen LogP contribution is 2.29. The van der Waals surface area contributed by atoms with Crippen molar-refractivity contribution in [3.05, 3.63) is 40.8 Å². The van der Waals surface area contributed by atoms with Gasteiger partial charge in [-0.05, 0) is 45.4 Å². The summed E-state index contributed by atoms with van der Waals surface area (Å²) >= 11 is 0. The van der Waals surface area contributed by atoms with Crippen LogP contribution in [-0.2, 0) is 9.47 Å². The standard InChI is InChI=1S/C20H24FN3O3/c1-13-15(5-6-17(21)16(13)9-22)18-11-23-7-8-24(10-14(23)12-26-18)19(25)27-20(2,3)4/h5-6,11,14H,7-8,10,12H2,1-4H3. The molecule has 0 aromatic heterocycles. The fraction of sp³-hybridized carbons (Fsp3) is 0.500. The molecule has 0 aliphatic carbocycles. The van der Waals surface area contributed by atoms with Gasteiger partial charge in [-0.3, -0.25) is 0 Å². The van der Waals surface area contributed by atoms with Crippen molar-refractivity contribution >= 4 is 11.9 Å². The molecule has 0 spiro atoms. The molecule has 1 fully saturated rings. The first kappa shape index (κ1) is 19.0. The van der Waals surface area contributed by atoms with Crippen molar-refractivity contribution in [2.45, 2.75) is 39.3 Å². The number of piperazine rings is 1. The average molecular weight is 373 g/mol. The van der Waals surface area contributed by atoms with Gasteiger partial charge < -0.3 is 19.3 Å². The number of carbonyl (C=O) groups is 1. The Morgan fingerprint density at radius 1 is 1.37 bits per heavy atom. The molecule has 1 atom stereocenters. The van der Waals surface area contributed by atoms with E-state index in [1.165, 1.54) is 6.07 Å². The highest BCUT2D eigenvalue weighted by atomic mass is 19.1. The number of amides is 1. The van der Waals surface area contributed by atoms with Crippen LogP contribution in [0, 0.1) is 24.1 Å². The number of nitriles is 1. The lowest BCUT2D eigenvalue weighted by Crippen LogP contribution is -2.56. The van der Waals surface area contributed by atoms with Crippen LogP contribution in [0.3, 0.4) is 0 Å². The van der Waals surface area contributed by atoms with Crippen molar-refractivity contribution in [3.63, 3.8) is 0 Å². The van der Waals surface area contributed by atoms with Crippen LogP contribution in [0.2, 0.25) is 0 Å². The quantitative estimate of drug-likeness (QED) is 0.756. The number of rotatable bonds is 1. The van der Waals surface area contributed by atoms with E-state index in [0.717, 1.165) is 0 Å². The fourth-order valence-electron chi connectivity index (χ4n) is 3.28. The first-order valence-electron chi connectivity index (χ1n) is 8.97. The molecule has 1 saturated heterocycles. The summed E-state index contributed by atoms with van der Waals surface area (Å²) in [4.78, 5) is 16.1. The number of halogens is 1. The molecule has 2 aliphatic rings. The number of ether oxygens (including phenoxy) is 2. The van der Waals surface area contributed by atoms with Crippen LogP contribution in [0.4, 0.5) is 9.18 Å². The lowest BCUT2D eigenvalue weighted by molar-refractivity contribution is 0.000457. The summed E-state index contributed by atoms with van der Waals surface area (Å²) in [5.41, 5.74) is 0.785. The van der Waals surface area contributed by atoms with Gasteiger partial charge in [-0.15, -0.1) is 0 Å². The van der Waals surface area contributed by atoms with Crippen LogP contribution in [0.15, 0.2) is 18.3 Å². The van der Waals surface area contributed by atoms with Gasteiger partial charge in [0.25, 0.3) is 0 Å². The summed E-state index contributed by atoms with van der Waals surface area (Å²) in [5.74, 6) is 0.0879. The monoisotopic (exact) mass is 373 g/mol. The molecule has 144 valence electrons. The summed E-state index contributed by atoms with van der Waals surface area (Å²) in [7, 11) is 0. The number of hydrogen-bond acceptors (Lipinski definition) is 5. The maximum atomic E-state index is 13.8. The molecule has 7 heteroatoms. The summed E-state index contributed by atoms with van der Waals surface area (Å²) in [6, 6.07) is 4.86. The molecular weight excluding hydrogens is 349 g/mol. The first-order chi connectivity index (χ1) is 12.7. The molecule has 0 saturated carbocycles. The Morgan fingerprint density at radius 3 is 2.78 bits per heavy atom. The van der Waals surface area contributed by atoms with Crippen LogP contribution in [0.25, 0.3) is 5.76 Å². The molecule has 1 aromatic carbocycles. The Bertz CT molecular complexity index is 823. The molecule has 2 aliphatic heterocycles. The minimum atomic E-state index is -0.529. The maximum Gasteiger partial charge on any atom is 0.410 e. The third-order valence-electron chi connectivity index (χ3n) is 4.69. The van der Waals surface area contributed by atoms with Gasteiger partial charge >= 0.3 is 6.09 Å². The Kier molecular flexibility index (Phi) is 5.01. The number of hydrogen-bond donors (Lipinski definition) is 0. The van der Waals surface area contributed by atoms with E-state index in [-0.39, 0.29) is 17.7 Å². The van der Waals surface area contributed by atoms with Crippen molar-refractivity contribution < 1.29 is 18.7 Å². The molecular formula is C20H24FN3O3. The predicted octanol–water partition coefficient (Wildman–Crippen LogP) is 3.26. The molecule has 6 nitrogen and oxygen atoms in total. The van der Waals surface area contributed by atoms with Crippen LogP contribution in [0.1, 0.15) is 37.5 Å². The summed E-state index contributed by atoms with van der Waals surface area (Å²) < 4.78 is 25.1. The van der Waals surface area contributed by atoms with Crippen molar-refractivity contribution in [2.75, 3.05) is 26.2 Å². The molecule has 0 radical (unpaired) electrons. The first-order valence-corrected chi connectivity index (χ1v) is 8.97. The predicted molar refractivity (Wildman–Crippen MR) is 98.1 cm³/mol. The Labute approximate surface area is 158 Å². The maximum absolute atomic E-state index is 13.8. The lowest BCUT2D eigenvalue weighted by atomic mass is 10.0. The van der Waals surface area contributed by atoms with Gasteiger partial charge in [-0.1, -0.05) is 0 Å². The van der Waals surface area contributed by atoms with E-state index < -0.39 is 11.4 Å². The van der Waals surface area contributed by atoms with Crippen LogP contribution < -0.4 is 0 Å². The fourth-order valence-corrected chi connectivity index (χ4v) is 3.28. The van der Waals surface area contributed by atoms with E-state index in [9.17, 15) is 9.18 Å². The molecule has 2 heterocycles.